The van der Waals surface area contributed by atoms with Gasteiger partial charge in [-0.1, -0.05) is 6.58 Å². The molecule has 0 aliphatic heterocycles. The Morgan fingerprint density at radius 3 is 2.20 bits per heavy atom. The molecule has 1 aromatic rings. The monoisotopic (exact) mass is 217 g/mol. The quantitative estimate of drug-likeness (QED) is 0.836. The van der Waals surface area contributed by atoms with Crippen molar-refractivity contribution in [3.05, 3.63) is 36.5 Å². The van der Waals surface area contributed by atoms with E-state index in [1.807, 2.05) is 0 Å². The smallest absolute Gasteiger partial charge is 0.406 e. The van der Waals surface area contributed by atoms with Crippen molar-refractivity contribution in [2.75, 3.05) is 5.32 Å². The first-order chi connectivity index (χ1) is 6.87. The van der Waals surface area contributed by atoms with Crippen LogP contribution in [-0.4, -0.2) is 6.36 Å². The van der Waals surface area contributed by atoms with Gasteiger partial charge in [0.15, 0.2) is 0 Å². The van der Waals surface area contributed by atoms with Crippen LogP contribution in [0.2, 0.25) is 0 Å². The van der Waals surface area contributed by atoms with E-state index >= 15 is 0 Å². The summed E-state index contributed by atoms with van der Waals surface area (Å²) in [4.78, 5) is 0. The summed E-state index contributed by atoms with van der Waals surface area (Å²) in [5, 5.41) is 2.86. The lowest BCUT2D eigenvalue weighted by Gasteiger charge is -2.10. The lowest BCUT2D eigenvalue weighted by atomic mass is 10.3. The highest BCUT2D eigenvalue weighted by molar-refractivity contribution is 5.49. The predicted octanol–water partition coefficient (Wildman–Crippen LogP) is 3.53. The third-order valence-corrected chi connectivity index (χ3v) is 1.45. The topological polar surface area (TPSA) is 21.3 Å². The van der Waals surface area contributed by atoms with Gasteiger partial charge in [-0.25, -0.2) is 0 Å². The second kappa shape index (κ2) is 4.25. The van der Waals surface area contributed by atoms with Crippen LogP contribution in [0.25, 0.3) is 0 Å². The molecule has 5 heteroatoms. The van der Waals surface area contributed by atoms with Crippen LogP contribution in [0.5, 0.6) is 5.75 Å². The van der Waals surface area contributed by atoms with Crippen molar-refractivity contribution >= 4 is 5.69 Å². The first-order valence-corrected chi connectivity index (χ1v) is 4.15. The van der Waals surface area contributed by atoms with Gasteiger partial charge < -0.3 is 10.1 Å². The van der Waals surface area contributed by atoms with E-state index < -0.39 is 6.36 Å². The Bertz CT molecular complexity index is 343. The highest BCUT2D eigenvalue weighted by Gasteiger charge is 2.30. The van der Waals surface area contributed by atoms with E-state index in [0.29, 0.717) is 11.4 Å². The van der Waals surface area contributed by atoms with Crippen LogP contribution < -0.4 is 10.1 Å². The Kier molecular flexibility index (Phi) is 3.24. The lowest BCUT2D eigenvalue weighted by Crippen LogP contribution is -2.16. The van der Waals surface area contributed by atoms with Crippen molar-refractivity contribution in [1.82, 2.24) is 0 Å². The number of allylic oxidation sites excluding steroid dienone is 1. The minimum absolute atomic E-state index is 0.241. The van der Waals surface area contributed by atoms with E-state index in [0.717, 1.165) is 0 Å². The van der Waals surface area contributed by atoms with Crippen LogP contribution in [0.4, 0.5) is 18.9 Å². The summed E-state index contributed by atoms with van der Waals surface area (Å²) in [6, 6.07) is 5.43. The molecule has 0 amide bonds. The molecule has 0 unspecified atom stereocenters. The molecule has 1 rings (SSSR count). The maximum Gasteiger partial charge on any atom is 0.573 e. The standard InChI is InChI=1S/C10H10F3NO/c1-7(2)14-8-3-5-9(6-4-8)15-10(11,12)13/h3-6,14H,1H2,2H3. The number of nitrogens with one attached hydrogen (secondary N) is 1. The van der Waals surface area contributed by atoms with E-state index in [-0.39, 0.29) is 5.75 Å². The average molecular weight is 217 g/mol. The number of hydrogen-bond acceptors (Lipinski definition) is 2. The van der Waals surface area contributed by atoms with E-state index in [2.05, 4.69) is 16.6 Å². The van der Waals surface area contributed by atoms with E-state index in [1.54, 1.807) is 6.92 Å². The molecular weight excluding hydrogens is 207 g/mol. The van der Waals surface area contributed by atoms with Crippen LogP contribution in [0.3, 0.4) is 0 Å². The fourth-order valence-electron chi connectivity index (χ4n) is 0.986. The molecule has 15 heavy (non-hydrogen) atoms. The second-order valence-corrected chi connectivity index (χ2v) is 2.98. The zero-order chi connectivity index (χ0) is 11.5. The van der Waals surface area contributed by atoms with Crippen LogP contribution >= 0.6 is 0 Å². The molecular formula is C10H10F3NO. The largest absolute Gasteiger partial charge is 0.573 e. The Hall–Kier alpha value is -1.65. The number of hydrogen-bond donors (Lipinski definition) is 1. The van der Waals surface area contributed by atoms with Crippen molar-refractivity contribution < 1.29 is 17.9 Å². The lowest BCUT2D eigenvalue weighted by molar-refractivity contribution is -0.274. The highest BCUT2D eigenvalue weighted by atomic mass is 19.4. The third-order valence-electron chi connectivity index (χ3n) is 1.45. The van der Waals surface area contributed by atoms with Crippen LogP contribution in [0.15, 0.2) is 36.5 Å². The summed E-state index contributed by atoms with van der Waals surface area (Å²) in [5.41, 5.74) is 1.37. The zero-order valence-corrected chi connectivity index (χ0v) is 8.06. The summed E-state index contributed by atoms with van der Waals surface area (Å²) in [5.74, 6) is -0.241. The second-order valence-electron chi connectivity index (χ2n) is 2.98. The number of alkyl halides is 3. The molecule has 0 atom stereocenters. The Morgan fingerprint density at radius 2 is 1.80 bits per heavy atom. The van der Waals surface area contributed by atoms with Gasteiger partial charge in [-0.05, 0) is 31.2 Å². The average Bonchev–Trinajstić information content (AvgIpc) is 2.05. The van der Waals surface area contributed by atoms with E-state index in [4.69, 9.17) is 0 Å². The molecule has 0 heterocycles. The van der Waals surface area contributed by atoms with Gasteiger partial charge in [0.05, 0.1) is 0 Å². The van der Waals surface area contributed by atoms with E-state index in [1.165, 1.54) is 24.3 Å². The molecule has 0 saturated carbocycles. The SMILES string of the molecule is C=C(C)Nc1ccc(OC(F)(F)F)cc1. The van der Waals surface area contributed by atoms with Gasteiger partial charge >= 0.3 is 6.36 Å². The van der Waals surface area contributed by atoms with Gasteiger partial charge in [-0.15, -0.1) is 13.2 Å². The molecule has 0 radical (unpaired) electrons. The van der Waals surface area contributed by atoms with Crippen LogP contribution in [-0.2, 0) is 0 Å². The number of benzene rings is 1. The molecule has 2 nitrogen and oxygen atoms in total. The Balaban J connectivity index is 2.68. The van der Waals surface area contributed by atoms with Gasteiger partial charge in [0.25, 0.3) is 0 Å². The molecule has 0 aliphatic carbocycles. The summed E-state index contributed by atoms with van der Waals surface area (Å²) in [7, 11) is 0. The Labute approximate surface area is 85.4 Å². The molecule has 0 bridgehead atoms. The van der Waals surface area contributed by atoms with Crippen molar-refractivity contribution in [1.29, 1.82) is 0 Å². The van der Waals surface area contributed by atoms with Crippen molar-refractivity contribution in [2.24, 2.45) is 0 Å². The number of ether oxygens (including phenoxy) is 1. The predicted molar refractivity (Wildman–Crippen MR) is 51.6 cm³/mol. The molecule has 0 spiro atoms. The fraction of sp³-hybridized carbons (Fsp3) is 0.200. The summed E-state index contributed by atoms with van der Waals surface area (Å²) >= 11 is 0. The maximum absolute atomic E-state index is 11.8. The number of halogens is 3. The Morgan fingerprint density at radius 1 is 1.27 bits per heavy atom. The minimum Gasteiger partial charge on any atom is -0.406 e. The molecule has 0 saturated heterocycles. The minimum atomic E-state index is -4.65. The fourth-order valence-corrected chi connectivity index (χ4v) is 0.986. The first kappa shape index (κ1) is 11.4. The molecule has 0 aromatic heterocycles. The molecule has 1 N–H and O–H groups in total. The number of rotatable bonds is 3. The zero-order valence-electron chi connectivity index (χ0n) is 8.06. The van der Waals surface area contributed by atoms with Crippen molar-refractivity contribution in [3.8, 4) is 5.75 Å². The highest BCUT2D eigenvalue weighted by Crippen LogP contribution is 2.24. The van der Waals surface area contributed by atoms with Crippen LogP contribution in [0, 0.1) is 0 Å². The summed E-state index contributed by atoms with van der Waals surface area (Å²) in [6.45, 7) is 5.36. The molecule has 82 valence electrons. The van der Waals surface area contributed by atoms with Crippen molar-refractivity contribution in [2.45, 2.75) is 13.3 Å². The molecule has 0 aliphatic rings. The van der Waals surface area contributed by atoms with Crippen molar-refractivity contribution in [3.63, 3.8) is 0 Å². The number of anilines is 1. The third kappa shape index (κ3) is 4.39. The van der Waals surface area contributed by atoms with E-state index in [9.17, 15) is 13.2 Å². The first-order valence-electron chi connectivity index (χ1n) is 4.15. The van der Waals surface area contributed by atoms with Gasteiger partial charge in [-0.2, -0.15) is 0 Å². The van der Waals surface area contributed by atoms with Gasteiger partial charge in [0, 0.05) is 11.4 Å². The normalized spacial score (nSPS) is 10.9. The summed E-state index contributed by atoms with van der Waals surface area (Å²) < 4.78 is 39.1. The van der Waals surface area contributed by atoms with Crippen LogP contribution in [0.1, 0.15) is 6.92 Å². The van der Waals surface area contributed by atoms with Gasteiger partial charge in [0.1, 0.15) is 5.75 Å². The molecule has 0 fully saturated rings. The molecule has 1 aromatic carbocycles. The summed E-state index contributed by atoms with van der Waals surface area (Å²) in [6.07, 6.45) is -4.65. The van der Waals surface area contributed by atoms with Gasteiger partial charge in [0.2, 0.25) is 0 Å². The van der Waals surface area contributed by atoms with Gasteiger partial charge in [-0.3, -0.25) is 0 Å². The maximum atomic E-state index is 11.8.